The van der Waals surface area contributed by atoms with Crippen LogP contribution in [0.5, 0.6) is 0 Å². The second-order valence-corrected chi connectivity index (χ2v) is 3.71. The number of amides is 1. The number of terminal acetylenes is 1. The predicted octanol–water partition coefficient (Wildman–Crippen LogP) is 1.80. The van der Waals surface area contributed by atoms with E-state index in [0.29, 0.717) is 6.04 Å². The zero-order valence-corrected chi connectivity index (χ0v) is 8.25. The Labute approximate surface area is 80.3 Å². The number of carbonyl (C=O) groups excluding carboxylic acids is 1. The molecule has 0 bridgehead atoms. The van der Waals surface area contributed by atoms with Gasteiger partial charge in [0, 0.05) is 13.1 Å². The molecule has 0 aromatic rings. The Kier molecular flexibility index (Phi) is 3.82. The number of carbonyl (C=O) groups is 1. The molecule has 0 aromatic carbocycles. The summed E-state index contributed by atoms with van der Waals surface area (Å²) in [4.78, 5) is 12.9. The Balaban J connectivity index is 2.49. The van der Waals surface area contributed by atoms with Gasteiger partial charge in [0.1, 0.15) is 0 Å². The summed E-state index contributed by atoms with van der Waals surface area (Å²) >= 11 is 0. The predicted molar refractivity (Wildman–Crippen MR) is 53.1 cm³/mol. The summed E-state index contributed by atoms with van der Waals surface area (Å²) in [5.41, 5.74) is 0. The van der Waals surface area contributed by atoms with Crippen LogP contribution in [0.4, 0.5) is 0 Å². The van der Waals surface area contributed by atoms with Crippen molar-refractivity contribution in [1.82, 2.24) is 4.90 Å². The first-order chi connectivity index (χ1) is 6.25. The Morgan fingerprint density at radius 1 is 1.31 bits per heavy atom. The molecule has 0 saturated heterocycles. The van der Waals surface area contributed by atoms with Gasteiger partial charge in [0.2, 0.25) is 0 Å². The quantitative estimate of drug-likeness (QED) is 0.444. The number of hydrogen-bond donors (Lipinski definition) is 0. The van der Waals surface area contributed by atoms with Crippen molar-refractivity contribution in [2.75, 3.05) is 7.05 Å². The smallest absolute Gasteiger partial charge is 0.298 e. The van der Waals surface area contributed by atoms with E-state index in [0.717, 1.165) is 12.8 Å². The summed E-state index contributed by atoms with van der Waals surface area (Å²) in [5, 5.41) is 0. The maximum Gasteiger partial charge on any atom is 0.298 e. The average molecular weight is 179 g/mol. The van der Waals surface area contributed by atoms with E-state index in [1.54, 1.807) is 4.90 Å². The standard InChI is InChI=1S/C11H17NO/c1-3-11(13)12(2)10-8-6-4-5-7-9-10/h1,10H,4-9H2,2H3. The molecule has 0 aliphatic heterocycles. The Morgan fingerprint density at radius 3 is 2.31 bits per heavy atom. The van der Waals surface area contributed by atoms with Crippen molar-refractivity contribution >= 4 is 5.91 Å². The molecule has 0 atom stereocenters. The van der Waals surface area contributed by atoms with Crippen molar-refractivity contribution in [2.24, 2.45) is 0 Å². The molecule has 1 fully saturated rings. The lowest BCUT2D eigenvalue weighted by atomic mass is 10.1. The maximum atomic E-state index is 11.2. The van der Waals surface area contributed by atoms with Crippen LogP contribution in [0.25, 0.3) is 0 Å². The highest BCUT2D eigenvalue weighted by molar-refractivity contribution is 5.92. The molecule has 1 aliphatic carbocycles. The van der Waals surface area contributed by atoms with Crippen LogP contribution in [0, 0.1) is 12.3 Å². The fourth-order valence-electron chi connectivity index (χ4n) is 1.91. The molecule has 0 unspecified atom stereocenters. The van der Waals surface area contributed by atoms with Crippen LogP contribution >= 0.6 is 0 Å². The lowest BCUT2D eigenvalue weighted by Crippen LogP contribution is -2.35. The first-order valence-electron chi connectivity index (χ1n) is 4.99. The minimum atomic E-state index is -0.174. The Bertz CT molecular complexity index is 209. The number of rotatable bonds is 1. The van der Waals surface area contributed by atoms with Crippen molar-refractivity contribution in [2.45, 2.75) is 44.6 Å². The van der Waals surface area contributed by atoms with Crippen molar-refractivity contribution in [3.63, 3.8) is 0 Å². The SMILES string of the molecule is C#CC(=O)N(C)C1CCCCCC1. The van der Waals surface area contributed by atoms with Crippen molar-refractivity contribution in [3.05, 3.63) is 0 Å². The van der Waals surface area contributed by atoms with Gasteiger partial charge in [-0.3, -0.25) is 4.79 Å². The topological polar surface area (TPSA) is 20.3 Å². The molecule has 0 heterocycles. The summed E-state index contributed by atoms with van der Waals surface area (Å²) in [7, 11) is 1.82. The lowest BCUT2D eigenvalue weighted by molar-refractivity contribution is -0.126. The van der Waals surface area contributed by atoms with Crippen molar-refractivity contribution < 1.29 is 4.79 Å². The molecule has 0 aromatic heterocycles. The van der Waals surface area contributed by atoms with E-state index >= 15 is 0 Å². The highest BCUT2D eigenvalue weighted by atomic mass is 16.2. The zero-order chi connectivity index (χ0) is 9.68. The second kappa shape index (κ2) is 4.91. The highest BCUT2D eigenvalue weighted by Crippen LogP contribution is 2.20. The van der Waals surface area contributed by atoms with Gasteiger partial charge in [-0.15, -0.1) is 6.42 Å². The third kappa shape index (κ3) is 2.77. The molecule has 1 amide bonds. The van der Waals surface area contributed by atoms with Gasteiger partial charge in [0.15, 0.2) is 0 Å². The van der Waals surface area contributed by atoms with Crippen LogP contribution in [-0.2, 0) is 4.79 Å². The average Bonchev–Trinajstić information content (AvgIpc) is 2.43. The third-order valence-electron chi connectivity index (χ3n) is 2.82. The highest BCUT2D eigenvalue weighted by Gasteiger charge is 2.19. The minimum Gasteiger partial charge on any atom is -0.332 e. The van der Waals surface area contributed by atoms with Crippen LogP contribution in [0.3, 0.4) is 0 Å². The van der Waals surface area contributed by atoms with Gasteiger partial charge in [0.25, 0.3) is 5.91 Å². The molecule has 1 aliphatic rings. The molecule has 2 nitrogen and oxygen atoms in total. The molecule has 0 spiro atoms. The lowest BCUT2D eigenvalue weighted by Gasteiger charge is -2.24. The van der Waals surface area contributed by atoms with E-state index in [9.17, 15) is 4.79 Å². The van der Waals surface area contributed by atoms with Gasteiger partial charge in [-0.05, 0) is 18.8 Å². The van der Waals surface area contributed by atoms with Crippen molar-refractivity contribution in [1.29, 1.82) is 0 Å². The molecule has 2 heteroatoms. The van der Waals surface area contributed by atoms with E-state index in [1.807, 2.05) is 7.05 Å². The van der Waals surface area contributed by atoms with Gasteiger partial charge in [-0.2, -0.15) is 0 Å². The first-order valence-corrected chi connectivity index (χ1v) is 4.99. The normalized spacial score (nSPS) is 18.8. The largest absolute Gasteiger partial charge is 0.332 e. The van der Waals surface area contributed by atoms with Gasteiger partial charge in [0.05, 0.1) is 0 Å². The molecular formula is C11H17NO. The molecule has 13 heavy (non-hydrogen) atoms. The third-order valence-corrected chi connectivity index (χ3v) is 2.82. The fraction of sp³-hybridized carbons (Fsp3) is 0.727. The fourth-order valence-corrected chi connectivity index (χ4v) is 1.91. The van der Waals surface area contributed by atoms with Gasteiger partial charge >= 0.3 is 0 Å². The molecule has 0 N–H and O–H groups in total. The summed E-state index contributed by atoms with van der Waals surface area (Å²) in [6, 6.07) is 0.381. The summed E-state index contributed by atoms with van der Waals surface area (Å²) in [6.45, 7) is 0. The Morgan fingerprint density at radius 2 is 1.85 bits per heavy atom. The minimum absolute atomic E-state index is 0.174. The van der Waals surface area contributed by atoms with Gasteiger partial charge in [-0.25, -0.2) is 0 Å². The maximum absolute atomic E-state index is 11.2. The van der Waals surface area contributed by atoms with Crippen LogP contribution in [0.15, 0.2) is 0 Å². The van der Waals surface area contributed by atoms with Crippen LogP contribution in [0.1, 0.15) is 38.5 Å². The van der Waals surface area contributed by atoms with E-state index < -0.39 is 0 Å². The molecule has 0 radical (unpaired) electrons. The number of nitrogens with zero attached hydrogens (tertiary/aromatic N) is 1. The van der Waals surface area contributed by atoms with E-state index in [1.165, 1.54) is 25.7 Å². The van der Waals surface area contributed by atoms with Crippen molar-refractivity contribution in [3.8, 4) is 12.3 Å². The summed E-state index contributed by atoms with van der Waals surface area (Å²) < 4.78 is 0. The van der Waals surface area contributed by atoms with Crippen LogP contribution < -0.4 is 0 Å². The zero-order valence-electron chi connectivity index (χ0n) is 8.25. The second-order valence-electron chi connectivity index (χ2n) is 3.71. The van der Waals surface area contributed by atoms with Gasteiger partial charge < -0.3 is 4.90 Å². The van der Waals surface area contributed by atoms with E-state index in [4.69, 9.17) is 6.42 Å². The molecule has 1 saturated carbocycles. The van der Waals surface area contributed by atoms with Gasteiger partial charge in [-0.1, -0.05) is 25.7 Å². The van der Waals surface area contributed by atoms with Crippen LogP contribution in [-0.4, -0.2) is 23.9 Å². The van der Waals surface area contributed by atoms with Crippen LogP contribution in [0.2, 0.25) is 0 Å². The molecular weight excluding hydrogens is 162 g/mol. The van der Waals surface area contributed by atoms with E-state index in [-0.39, 0.29) is 5.91 Å². The van der Waals surface area contributed by atoms with E-state index in [2.05, 4.69) is 5.92 Å². The molecule has 1 rings (SSSR count). The summed E-state index contributed by atoms with van der Waals surface area (Å²) in [6.07, 6.45) is 12.4. The molecule has 72 valence electrons. The first kappa shape index (κ1) is 10.1. The summed E-state index contributed by atoms with van der Waals surface area (Å²) in [5.74, 6) is 2.00. The Hall–Kier alpha value is -0.970. The number of hydrogen-bond acceptors (Lipinski definition) is 1. The monoisotopic (exact) mass is 179 g/mol.